The molecule has 4 nitrogen and oxygen atoms in total. The zero-order chi connectivity index (χ0) is 15.7. The summed E-state index contributed by atoms with van der Waals surface area (Å²) in [5.74, 6) is -0.857. The Morgan fingerprint density at radius 3 is 2.55 bits per heavy atom. The summed E-state index contributed by atoms with van der Waals surface area (Å²) >= 11 is 0. The lowest BCUT2D eigenvalue weighted by Crippen LogP contribution is -2.41. The Morgan fingerprint density at radius 1 is 1.14 bits per heavy atom. The molecule has 0 N–H and O–H groups in total. The Labute approximate surface area is 128 Å². The van der Waals surface area contributed by atoms with Crippen LogP contribution < -0.4 is 0 Å². The lowest BCUT2D eigenvalue weighted by Gasteiger charge is -2.34. The molecule has 118 valence electrons. The van der Waals surface area contributed by atoms with Gasteiger partial charge in [-0.15, -0.1) is 0 Å². The number of rotatable bonds is 3. The minimum atomic E-state index is -0.514. The van der Waals surface area contributed by atoms with Crippen molar-refractivity contribution in [1.82, 2.24) is 0 Å². The molecule has 0 radical (unpaired) electrons. The first-order chi connectivity index (χ1) is 10.6. The summed E-state index contributed by atoms with van der Waals surface area (Å²) in [4.78, 5) is 24.3. The zero-order valence-corrected chi connectivity index (χ0v) is 12.5. The molecule has 0 saturated heterocycles. The number of methoxy groups -OCH3 is 1. The minimum absolute atomic E-state index is 0.234. The zero-order valence-electron chi connectivity index (χ0n) is 12.5. The van der Waals surface area contributed by atoms with Crippen LogP contribution in [-0.2, 0) is 14.3 Å². The fraction of sp³-hybridized carbons (Fsp3) is 0.529. The van der Waals surface area contributed by atoms with Gasteiger partial charge >= 0.3 is 11.9 Å². The normalized spacial score (nSPS) is 29.9. The highest BCUT2D eigenvalue weighted by atomic mass is 19.1. The molecule has 22 heavy (non-hydrogen) atoms. The van der Waals surface area contributed by atoms with E-state index in [1.165, 1.54) is 31.4 Å². The molecule has 2 aliphatic carbocycles. The summed E-state index contributed by atoms with van der Waals surface area (Å²) in [5, 5.41) is 0. The van der Waals surface area contributed by atoms with Crippen molar-refractivity contribution in [3.8, 4) is 0 Å². The van der Waals surface area contributed by atoms with Crippen LogP contribution in [0.2, 0.25) is 0 Å². The Bertz CT molecular complexity index is 569. The van der Waals surface area contributed by atoms with Crippen LogP contribution >= 0.6 is 0 Å². The van der Waals surface area contributed by atoms with Crippen LogP contribution in [0.4, 0.5) is 4.39 Å². The number of carbonyl (C=O) groups excluding carboxylic acids is 2. The summed E-state index contributed by atoms with van der Waals surface area (Å²) < 4.78 is 23.4. The van der Waals surface area contributed by atoms with Crippen molar-refractivity contribution in [3.05, 3.63) is 35.6 Å². The van der Waals surface area contributed by atoms with Crippen LogP contribution in [0.3, 0.4) is 0 Å². The number of benzene rings is 1. The molecule has 0 heterocycles. The van der Waals surface area contributed by atoms with Crippen molar-refractivity contribution in [3.63, 3.8) is 0 Å². The Kier molecular flexibility index (Phi) is 4.14. The van der Waals surface area contributed by atoms with Crippen molar-refractivity contribution < 1.29 is 23.5 Å². The highest BCUT2D eigenvalue weighted by Crippen LogP contribution is 2.47. The minimum Gasteiger partial charge on any atom is -0.469 e. The fourth-order valence-corrected chi connectivity index (χ4v) is 3.83. The van der Waals surface area contributed by atoms with E-state index in [0.29, 0.717) is 17.9 Å². The molecule has 2 saturated carbocycles. The van der Waals surface area contributed by atoms with Crippen molar-refractivity contribution in [2.45, 2.75) is 31.8 Å². The molecule has 2 bridgehead atoms. The molecule has 3 rings (SSSR count). The van der Waals surface area contributed by atoms with Crippen molar-refractivity contribution in [2.75, 3.05) is 7.11 Å². The Morgan fingerprint density at radius 2 is 1.86 bits per heavy atom. The van der Waals surface area contributed by atoms with E-state index >= 15 is 0 Å². The first kappa shape index (κ1) is 15.0. The van der Waals surface area contributed by atoms with Gasteiger partial charge in [0.15, 0.2) is 0 Å². The van der Waals surface area contributed by atoms with E-state index in [9.17, 15) is 14.0 Å². The molecule has 0 amide bonds. The molecule has 2 aliphatic rings. The van der Waals surface area contributed by atoms with Gasteiger partial charge in [0.2, 0.25) is 0 Å². The number of ether oxygens (including phenoxy) is 2. The first-order valence-corrected chi connectivity index (χ1v) is 7.63. The van der Waals surface area contributed by atoms with Crippen molar-refractivity contribution in [1.29, 1.82) is 0 Å². The van der Waals surface area contributed by atoms with Gasteiger partial charge in [-0.3, -0.25) is 4.79 Å². The van der Waals surface area contributed by atoms with E-state index in [-0.39, 0.29) is 17.8 Å². The standard InChI is InChI=1S/C17H19FO4/c1-21-17(20)15-12-3-2-10(8-12)9-14(15)22-16(19)11-4-6-13(18)7-5-11/h4-7,10,12,14-15H,2-3,8-9H2,1H3/t10?,12?,14-,15+/m0/s1. The maximum atomic E-state index is 12.9. The quantitative estimate of drug-likeness (QED) is 0.806. The van der Waals surface area contributed by atoms with E-state index in [1.807, 2.05) is 0 Å². The van der Waals surface area contributed by atoms with Crippen molar-refractivity contribution >= 4 is 11.9 Å². The molecular formula is C17H19FO4. The number of fused-ring (bicyclic) bond motifs is 2. The van der Waals surface area contributed by atoms with Crippen LogP contribution in [0.5, 0.6) is 0 Å². The van der Waals surface area contributed by atoms with E-state index in [0.717, 1.165) is 19.3 Å². The van der Waals surface area contributed by atoms with Gasteiger partial charge in [0.25, 0.3) is 0 Å². The van der Waals surface area contributed by atoms with Gasteiger partial charge in [-0.1, -0.05) is 6.42 Å². The van der Waals surface area contributed by atoms with E-state index in [4.69, 9.17) is 9.47 Å². The molecule has 0 aromatic heterocycles. The van der Waals surface area contributed by atoms with Gasteiger partial charge in [0.1, 0.15) is 11.9 Å². The van der Waals surface area contributed by atoms with E-state index in [2.05, 4.69) is 0 Å². The van der Waals surface area contributed by atoms with Gasteiger partial charge in [-0.2, -0.15) is 0 Å². The Balaban J connectivity index is 1.75. The number of halogens is 1. The molecule has 0 aliphatic heterocycles. The fourth-order valence-electron chi connectivity index (χ4n) is 3.83. The van der Waals surface area contributed by atoms with Gasteiger partial charge in [-0.25, -0.2) is 9.18 Å². The third-order valence-electron chi connectivity index (χ3n) is 4.87. The summed E-state index contributed by atoms with van der Waals surface area (Å²) in [5.41, 5.74) is 0.294. The predicted molar refractivity (Wildman–Crippen MR) is 76.6 cm³/mol. The lowest BCUT2D eigenvalue weighted by atomic mass is 9.77. The maximum absolute atomic E-state index is 12.9. The number of esters is 2. The summed E-state index contributed by atoms with van der Waals surface area (Å²) in [7, 11) is 1.36. The maximum Gasteiger partial charge on any atom is 0.338 e. The third-order valence-corrected chi connectivity index (χ3v) is 4.87. The topological polar surface area (TPSA) is 52.6 Å². The third kappa shape index (κ3) is 2.85. The van der Waals surface area contributed by atoms with Gasteiger partial charge < -0.3 is 9.47 Å². The molecule has 5 heteroatoms. The average molecular weight is 306 g/mol. The second-order valence-electron chi connectivity index (χ2n) is 6.17. The Hall–Kier alpha value is -1.91. The summed E-state index contributed by atoms with van der Waals surface area (Å²) in [6.07, 6.45) is 3.31. The highest BCUT2D eigenvalue weighted by Gasteiger charge is 2.47. The van der Waals surface area contributed by atoms with Crippen LogP contribution in [0, 0.1) is 23.6 Å². The van der Waals surface area contributed by atoms with Gasteiger partial charge in [-0.05, 0) is 55.4 Å². The predicted octanol–water partition coefficient (Wildman–Crippen LogP) is 2.96. The number of hydrogen-bond acceptors (Lipinski definition) is 4. The first-order valence-electron chi connectivity index (χ1n) is 7.63. The molecule has 1 aromatic rings. The summed E-state index contributed by atoms with van der Waals surface area (Å²) in [6.45, 7) is 0. The molecular weight excluding hydrogens is 287 g/mol. The second kappa shape index (κ2) is 6.07. The van der Waals surface area contributed by atoms with Crippen molar-refractivity contribution in [2.24, 2.45) is 17.8 Å². The number of carbonyl (C=O) groups is 2. The van der Waals surface area contributed by atoms with Crippen LogP contribution in [0.25, 0.3) is 0 Å². The van der Waals surface area contributed by atoms with Gasteiger partial charge in [0, 0.05) is 0 Å². The number of hydrogen-bond donors (Lipinski definition) is 0. The van der Waals surface area contributed by atoms with Crippen LogP contribution in [-0.4, -0.2) is 25.2 Å². The molecule has 2 unspecified atom stereocenters. The monoisotopic (exact) mass is 306 g/mol. The molecule has 1 aromatic carbocycles. The smallest absolute Gasteiger partial charge is 0.338 e. The lowest BCUT2D eigenvalue weighted by molar-refractivity contribution is -0.154. The van der Waals surface area contributed by atoms with Gasteiger partial charge in [0.05, 0.1) is 18.6 Å². The largest absolute Gasteiger partial charge is 0.469 e. The molecule has 4 atom stereocenters. The average Bonchev–Trinajstić information content (AvgIpc) is 2.89. The SMILES string of the molecule is COC(=O)[C@@H]1C2CCC(C2)C[C@@H]1OC(=O)c1ccc(F)cc1. The molecule has 0 spiro atoms. The van der Waals surface area contributed by atoms with E-state index < -0.39 is 17.9 Å². The van der Waals surface area contributed by atoms with E-state index in [1.54, 1.807) is 0 Å². The highest BCUT2D eigenvalue weighted by molar-refractivity contribution is 5.89. The van der Waals surface area contributed by atoms with Crippen LogP contribution in [0.15, 0.2) is 24.3 Å². The molecule has 2 fully saturated rings. The summed E-state index contributed by atoms with van der Waals surface area (Å²) in [6, 6.07) is 5.22. The van der Waals surface area contributed by atoms with Crippen LogP contribution in [0.1, 0.15) is 36.0 Å². The second-order valence-corrected chi connectivity index (χ2v) is 6.17.